The van der Waals surface area contributed by atoms with E-state index in [-0.39, 0.29) is 12.5 Å². The molecule has 0 aliphatic heterocycles. The summed E-state index contributed by atoms with van der Waals surface area (Å²) in [4.78, 5) is 28.2. The van der Waals surface area contributed by atoms with Crippen LogP contribution in [0.2, 0.25) is 0 Å². The summed E-state index contributed by atoms with van der Waals surface area (Å²) >= 11 is 0. The van der Waals surface area contributed by atoms with E-state index in [0.29, 0.717) is 12.1 Å². The maximum absolute atomic E-state index is 13.7. The molecule has 0 fully saturated rings. The standard InChI is InChI=1S/C27H31N3O4S/c1-21-14-16-23(17-15-21)19-29(25(27(32)28-2)18-22-10-6-4-7-11-22)26(31)20-30(35(3,33)34)24-12-8-5-9-13-24/h4-17,25H,18-20H2,1-3H3,(H,28,32). The second-order valence-electron chi connectivity index (χ2n) is 8.43. The Morgan fingerprint density at radius 3 is 1.97 bits per heavy atom. The molecule has 3 rings (SSSR count). The fourth-order valence-corrected chi connectivity index (χ4v) is 4.67. The Morgan fingerprint density at radius 2 is 1.43 bits per heavy atom. The van der Waals surface area contributed by atoms with Crippen molar-refractivity contribution in [1.82, 2.24) is 10.2 Å². The molecule has 35 heavy (non-hydrogen) atoms. The second-order valence-corrected chi connectivity index (χ2v) is 10.3. The number of likely N-dealkylation sites (N-methyl/N-ethyl adjacent to an activating group) is 1. The molecule has 0 saturated heterocycles. The van der Waals surface area contributed by atoms with Crippen LogP contribution in [0.4, 0.5) is 5.69 Å². The van der Waals surface area contributed by atoms with Gasteiger partial charge in [-0.15, -0.1) is 0 Å². The van der Waals surface area contributed by atoms with Gasteiger partial charge in [-0.05, 0) is 30.2 Å². The summed E-state index contributed by atoms with van der Waals surface area (Å²) < 4.78 is 26.3. The molecular weight excluding hydrogens is 462 g/mol. The van der Waals surface area contributed by atoms with Crippen LogP contribution in [-0.2, 0) is 32.6 Å². The first kappa shape index (κ1) is 26.0. The SMILES string of the molecule is CNC(=O)C(Cc1ccccc1)N(Cc1ccc(C)cc1)C(=O)CN(c1ccccc1)S(C)(=O)=O. The number of carbonyl (C=O) groups excluding carboxylic acids is 2. The number of amides is 2. The van der Waals surface area contributed by atoms with Gasteiger partial charge in [-0.3, -0.25) is 13.9 Å². The lowest BCUT2D eigenvalue weighted by molar-refractivity contribution is -0.139. The number of aryl methyl sites for hydroxylation is 1. The summed E-state index contributed by atoms with van der Waals surface area (Å²) in [5, 5.41) is 2.67. The molecule has 0 bridgehead atoms. The molecule has 3 aromatic rings. The number of sulfonamides is 1. The van der Waals surface area contributed by atoms with Crippen LogP contribution in [0.1, 0.15) is 16.7 Å². The highest BCUT2D eigenvalue weighted by Crippen LogP contribution is 2.20. The Balaban J connectivity index is 2.00. The molecule has 0 aliphatic rings. The Labute approximate surface area is 207 Å². The Hall–Kier alpha value is -3.65. The van der Waals surface area contributed by atoms with Crippen LogP contribution in [0.25, 0.3) is 0 Å². The van der Waals surface area contributed by atoms with Gasteiger partial charge in [-0.1, -0.05) is 78.4 Å². The highest BCUT2D eigenvalue weighted by molar-refractivity contribution is 7.92. The zero-order valence-electron chi connectivity index (χ0n) is 20.2. The number of nitrogens with one attached hydrogen (secondary N) is 1. The molecule has 1 atom stereocenters. The Bertz CT molecular complexity index is 1230. The Kier molecular flexibility index (Phi) is 8.65. The summed E-state index contributed by atoms with van der Waals surface area (Å²) in [6.07, 6.45) is 1.36. The van der Waals surface area contributed by atoms with Crippen molar-refractivity contribution in [1.29, 1.82) is 0 Å². The van der Waals surface area contributed by atoms with Gasteiger partial charge in [-0.25, -0.2) is 8.42 Å². The summed E-state index contributed by atoms with van der Waals surface area (Å²) in [7, 11) is -2.22. The van der Waals surface area contributed by atoms with Gasteiger partial charge in [0.1, 0.15) is 12.6 Å². The molecule has 0 aromatic heterocycles. The average molecular weight is 494 g/mol. The molecule has 3 aromatic carbocycles. The van der Waals surface area contributed by atoms with Gasteiger partial charge < -0.3 is 10.2 Å². The number of rotatable bonds is 10. The molecule has 8 heteroatoms. The van der Waals surface area contributed by atoms with Crippen molar-refractivity contribution in [3.8, 4) is 0 Å². The zero-order valence-corrected chi connectivity index (χ0v) is 21.0. The van der Waals surface area contributed by atoms with Crippen LogP contribution in [0.15, 0.2) is 84.9 Å². The van der Waals surface area contributed by atoms with Crippen molar-refractivity contribution in [2.75, 3.05) is 24.2 Å². The highest BCUT2D eigenvalue weighted by Gasteiger charge is 2.32. The van der Waals surface area contributed by atoms with Gasteiger partial charge in [0, 0.05) is 20.0 Å². The van der Waals surface area contributed by atoms with Gasteiger partial charge in [0.05, 0.1) is 11.9 Å². The number of benzene rings is 3. The van der Waals surface area contributed by atoms with Gasteiger partial charge in [-0.2, -0.15) is 0 Å². The molecule has 0 heterocycles. The van der Waals surface area contributed by atoms with Crippen LogP contribution in [0.5, 0.6) is 0 Å². The average Bonchev–Trinajstić information content (AvgIpc) is 2.85. The van der Waals surface area contributed by atoms with E-state index in [1.54, 1.807) is 30.3 Å². The number of hydrogen-bond donors (Lipinski definition) is 1. The van der Waals surface area contributed by atoms with Crippen LogP contribution in [0, 0.1) is 6.92 Å². The summed E-state index contributed by atoms with van der Waals surface area (Å²) in [5.41, 5.74) is 3.20. The smallest absolute Gasteiger partial charge is 0.244 e. The first-order valence-electron chi connectivity index (χ1n) is 11.3. The van der Waals surface area contributed by atoms with Gasteiger partial charge in [0.25, 0.3) is 0 Å². The van der Waals surface area contributed by atoms with E-state index < -0.39 is 28.5 Å². The number of nitrogens with zero attached hydrogens (tertiary/aromatic N) is 2. The molecular formula is C27H31N3O4S. The van der Waals surface area contributed by atoms with Crippen LogP contribution in [-0.4, -0.2) is 51.0 Å². The summed E-state index contributed by atoms with van der Waals surface area (Å²) in [5.74, 6) is -0.788. The maximum atomic E-state index is 13.7. The van der Waals surface area contributed by atoms with E-state index >= 15 is 0 Å². The van der Waals surface area contributed by atoms with Crippen LogP contribution >= 0.6 is 0 Å². The minimum Gasteiger partial charge on any atom is -0.357 e. The van der Waals surface area contributed by atoms with Gasteiger partial charge >= 0.3 is 0 Å². The fourth-order valence-electron chi connectivity index (χ4n) is 3.82. The van der Waals surface area contributed by atoms with Crippen LogP contribution < -0.4 is 9.62 Å². The molecule has 0 radical (unpaired) electrons. The predicted octanol–water partition coefficient (Wildman–Crippen LogP) is 3.15. The van der Waals surface area contributed by atoms with Crippen molar-refractivity contribution in [2.24, 2.45) is 0 Å². The summed E-state index contributed by atoms with van der Waals surface area (Å²) in [6, 6.07) is 24.8. The molecule has 0 saturated carbocycles. The molecule has 2 amide bonds. The fraction of sp³-hybridized carbons (Fsp3) is 0.259. The highest BCUT2D eigenvalue weighted by atomic mass is 32.2. The molecule has 1 N–H and O–H groups in total. The first-order valence-corrected chi connectivity index (χ1v) is 13.2. The minimum atomic E-state index is -3.75. The van der Waals surface area contributed by atoms with E-state index in [1.165, 1.54) is 11.9 Å². The molecule has 0 spiro atoms. The summed E-state index contributed by atoms with van der Waals surface area (Å²) in [6.45, 7) is 1.71. The molecule has 0 aliphatic carbocycles. The third-order valence-corrected chi connectivity index (χ3v) is 6.85. The lowest BCUT2D eigenvalue weighted by Crippen LogP contribution is -2.52. The van der Waals surface area contributed by atoms with E-state index in [4.69, 9.17) is 0 Å². The number of carbonyl (C=O) groups is 2. The van der Waals surface area contributed by atoms with E-state index in [0.717, 1.165) is 27.3 Å². The first-order chi connectivity index (χ1) is 16.7. The van der Waals surface area contributed by atoms with Gasteiger partial charge in [0.15, 0.2) is 0 Å². The molecule has 7 nitrogen and oxygen atoms in total. The van der Waals surface area contributed by atoms with E-state index in [2.05, 4.69) is 5.32 Å². The third kappa shape index (κ3) is 7.16. The number of anilines is 1. The Morgan fingerprint density at radius 1 is 0.857 bits per heavy atom. The normalized spacial score (nSPS) is 12.0. The number of hydrogen-bond acceptors (Lipinski definition) is 4. The van der Waals surface area contributed by atoms with Crippen LogP contribution in [0.3, 0.4) is 0 Å². The quantitative estimate of drug-likeness (QED) is 0.470. The predicted molar refractivity (Wildman–Crippen MR) is 138 cm³/mol. The zero-order chi connectivity index (χ0) is 25.4. The van der Waals surface area contributed by atoms with Crippen molar-refractivity contribution in [3.63, 3.8) is 0 Å². The molecule has 1 unspecified atom stereocenters. The maximum Gasteiger partial charge on any atom is 0.244 e. The number of para-hydroxylation sites is 1. The van der Waals surface area contributed by atoms with Gasteiger partial charge in [0.2, 0.25) is 21.8 Å². The van der Waals surface area contributed by atoms with Crippen molar-refractivity contribution >= 4 is 27.5 Å². The van der Waals surface area contributed by atoms with E-state index in [9.17, 15) is 18.0 Å². The van der Waals surface area contributed by atoms with E-state index in [1.807, 2.05) is 61.5 Å². The minimum absolute atomic E-state index is 0.163. The van der Waals surface area contributed by atoms with Crippen molar-refractivity contribution in [3.05, 3.63) is 102 Å². The topological polar surface area (TPSA) is 86.8 Å². The third-order valence-electron chi connectivity index (χ3n) is 5.71. The lowest BCUT2D eigenvalue weighted by atomic mass is 10.0. The molecule has 184 valence electrons. The second kappa shape index (κ2) is 11.7. The van der Waals surface area contributed by atoms with Crippen molar-refractivity contribution < 1.29 is 18.0 Å². The lowest BCUT2D eigenvalue weighted by Gasteiger charge is -2.33. The van der Waals surface area contributed by atoms with Crippen molar-refractivity contribution in [2.45, 2.75) is 25.9 Å². The largest absolute Gasteiger partial charge is 0.357 e. The monoisotopic (exact) mass is 493 g/mol.